The van der Waals surface area contributed by atoms with E-state index in [0.717, 1.165) is 36.2 Å². The van der Waals surface area contributed by atoms with Crippen LogP contribution in [0.5, 0.6) is 0 Å². The molecule has 0 bridgehead atoms. The Morgan fingerprint density at radius 3 is 2.54 bits per heavy atom. The molecule has 5 unspecified atom stereocenters. The molecule has 0 spiro atoms. The molecule has 4 rings (SSSR count). The van der Waals surface area contributed by atoms with Crippen molar-refractivity contribution in [2.75, 3.05) is 0 Å². The maximum atomic E-state index is 15.1. The van der Waals surface area contributed by atoms with Crippen LogP contribution < -0.4 is 0 Å². The van der Waals surface area contributed by atoms with E-state index in [1.165, 1.54) is 88.2 Å². The lowest BCUT2D eigenvalue weighted by molar-refractivity contribution is 0.116. The third-order valence-corrected chi connectivity index (χ3v) is 8.61. The first-order chi connectivity index (χ1) is 13.7. The number of unbranched alkanes of at least 4 members (excludes halogenated alkanes) is 2. The molecule has 0 nitrogen and oxygen atoms in total. The van der Waals surface area contributed by atoms with Crippen LogP contribution in [-0.2, 0) is 12.8 Å². The highest BCUT2D eigenvalue weighted by Crippen LogP contribution is 2.48. The molecule has 2 saturated carbocycles. The van der Waals surface area contributed by atoms with E-state index < -0.39 is 0 Å². The third-order valence-electron chi connectivity index (χ3n) is 8.61. The molecule has 28 heavy (non-hydrogen) atoms. The molecule has 2 fully saturated rings. The van der Waals surface area contributed by atoms with E-state index in [1.807, 2.05) is 6.07 Å². The Labute approximate surface area is 172 Å². The zero-order valence-corrected chi connectivity index (χ0v) is 18.3. The zero-order chi connectivity index (χ0) is 19.5. The summed E-state index contributed by atoms with van der Waals surface area (Å²) < 4.78 is 15.1. The van der Waals surface area contributed by atoms with Crippen molar-refractivity contribution in [1.82, 2.24) is 0 Å². The summed E-state index contributed by atoms with van der Waals surface area (Å²) in [4.78, 5) is 0. The molecule has 156 valence electrons. The van der Waals surface area contributed by atoms with Crippen LogP contribution in [0.3, 0.4) is 0 Å². The van der Waals surface area contributed by atoms with Crippen LogP contribution in [0.15, 0.2) is 12.1 Å². The summed E-state index contributed by atoms with van der Waals surface area (Å²) in [7, 11) is 0. The molecular weight excluding hydrogens is 343 g/mol. The van der Waals surface area contributed by atoms with Crippen LogP contribution in [0.25, 0.3) is 0 Å². The lowest BCUT2D eigenvalue weighted by Crippen LogP contribution is -2.30. The second-order valence-electron chi connectivity index (χ2n) is 10.4. The number of hydrogen-bond donors (Lipinski definition) is 0. The van der Waals surface area contributed by atoms with E-state index >= 15 is 4.39 Å². The Morgan fingerprint density at radius 1 is 0.893 bits per heavy atom. The number of hydrogen-bond acceptors (Lipinski definition) is 0. The Kier molecular flexibility index (Phi) is 6.79. The Hall–Kier alpha value is -0.850. The first-order valence-electron chi connectivity index (χ1n) is 12.5. The van der Waals surface area contributed by atoms with Gasteiger partial charge in [0.25, 0.3) is 0 Å². The number of benzene rings is 1. The van der Waals surface area contributed by atoms with Gasteiger partial charge in [0, 0.05) is 0 Å². The van der Waals surface area contributed by atoms with E-state index in [9.17, 15) is 0 Å². The van der Waals surface area contributed by atoms with Gasteiger partial charge in [-0.3, -0.25) is 0 Å². The first kappa shape index (κ1) is 20.4. The Morgan fingerprint density at radius 2 is 1.71 bits per heavy atom. The van der Waals surface area contributed by atoms with Gasteiger partial charge in [-0.25, -0.2) is 4.39 Å². The molecule has 3 aliphatic carbocycles. The summed E-state index contributed by atoms with van der Waals surface area (Å²) in [5.74, 6) is 4.28. The van der Waals surface area contributed by atoms with Crippen molar-refractivity contribution in [1.29, 1.82) is 0 Å². The van der Waals surface area contributed by atoms with Gasteiger partial charge in [-0.1, -0.05) is 58.4 Å². The average molecular weight is 385 g/mol. The number of fused-ring (bicyclic) bond motifs is 2. The molecule has 1 heteroatoms. The highest BCUT2D eigenvalue weighted by Gasteiger charge is 2.36. The molecule has 0 amide bonds. The van der Waals surface area contributed by atoms with Crippen molar-refractivity contribution in [3.63, 3.8) is 0 Å². The van der Waals surface area contributed by atoms with Crippen LogP contribution in [0, 0.1) is 29.5 Å². The number of aryl methyl sites for hydroxylation is 1. The fourth-order valence-corrected chi connectivity index (χ4v) is 6.74. The molecule has 0 radical (unpaired) electrons. The van der Waals surface area contributed by atoms with Crippen molar-refractivity contribution >= 4 is 0 Å². The van der Waals surface area contributed by atoms with Gasteiger partial charge < -0.3 is 0 Å². The quantitative estimate of drug-likeness (QED) is 0.433. The predicted octanol–water partition coefficient (Wildman–Crippen LogP) is 8.22. The fraction of sp³-hybridized carbons (Fsp3) is 0.778. The van der Waals surface area contributed by atoms with Crippen molar-refractivity contribution in [2.45, 2.75) is 110 Å². The smallest absolute Gasteiger partial charge is 0.126 e. The van der Waals surface area contributed by atoms with E-state index in [1.54, 1.807) is 0 Å². The van der Waals surface area contributed by atoms with Crippen LogP contribution in [0.4, 0.5) is 4.39 Å². The molecule has 0 saturated heterocycles. The van der Waals surface area contributed by atoms with Crippen LogP contribution in [0.1, 0.15) is 114 Å². The maximum absolute atomic E-state index is 15.1. The summed E-state index contributed by atoms with van der Waals surface area (Å²) in [6.07, 6.45) is 18.2. The number of halogens is 1. The van der Waals surface area contributed by atoms with E-state index in [0.29, 0.717) is 11.8 Å². The summed E-state index contributed by atoms with van der Waals surface area (Å²) in [5, 5.41) is 0. The van der Waals surface area contributed by atoms with Crippen molar-refractivity contribution in [3.8, 4) is 0 Å². The van der Waals surface area contributed by atoms with Crippen LogP contribution >= 0.6 is 0 Å². The van der Waals surface area contributed by atoms with Gasteiger partial charge in [-0.2, -0.15) is 0 Å². The van der Waals surface area contributed by atoms with E-state index in [2.05, 4.69) is 19.9 Å². The molecule has 0 heterocycles. The second kappa shape index (κ2) is 9.31. The molecule has 1 aromatic rings. The molecule has 1 aromatic carbocycles. The van der Waals surface area contributed by atoms with Crippen LogP contribution in [-0.4, -0.2) is 0 Å². The lowest BCUT2D eigenvalue weighted by atomic mass is 9.63. The summed E-state index contributed by atoms with van der Waals surface area (Å²) in [5.41, 5.74) is 3.74. The molecule has 3 aliphatic rings. The van der Waals surface area contributed by atoms with Gasteiger partial charge in [0.15, 0.2) is 0 Å². The minimum Gasteiger partial charge on any atom is -0.207 e. The normalized spacial score (nSPS) is 32.6. The highest BCUT2D eigenvalue weighted by atomic mass is 19.1. The fourth-order valence-electron chi connectivity index (χ4n) is 6.74. The standard InChI is InChI=1S/C27H41F/c1-3-5-6-7-20-9-11-24-17-25(18-27(28)26(24)15-20)23-13-12-21-14-19(4-2)8-10-22(21)16-23/h17-23H,3-16H2,1-2H3. The molecule has 0 aliphatic heterocycles. The molecule has 5 atom stereocenters. The van der Waals surface area contributed by atoms with Crippen molar-refractivity contribution < 1.29 is 4.39 Å². The van der Waals surface area contributed by atoms with Gasteiger partial charge in [0.1, 0.15) is 5.82 Å². The lowest BCUT2D eigenvalue weighted by Gasteiger charge is -2.42. The summed E-state index contributed by atoms with van der Waals surface area (Å²) in [6, 6.07) is 4.36. The Bertz CT molecular complexity index is 648. The van der Waals surface area contributed by atoms with Gasteiger partial charge in [0.05, 0.1) is 0 Å². The third kappa shape index (κ3) is 4.49. The van der Waals surface area contributed by atoms with Gasteiger partial charge >= 0.3 is 0 Å². The van der Waals surface area contributed by atoms with Gasteiger partial charge in [0.2, 0.25) is 0 Å². The summed E-state index contributed by atoms with van der Waals surface area (Å²) >= 11 is 0. The SMILES string of the molecule is CCCCCC1CCc2cc(C3CCC4CC(CC)CCC4C3)cc(F)c2C1. The van der Waals surface area contributed by atoms with E-state index in [-0.39, 0.29) is 5.82 Å². The van der Waals surface area contributed by atoms with E-state index in [4.69, 9.17) is 0 Å². The Balaban J connectivity index is 1.41. The molecular formula is C27H41F. The largest absolute Gasteiger partial charge is 0.207 e. The molecule has 0 N–H and O–H groups in total. The minimum atomic E-state index is 0.115. The van der Waals surface area contributed by atoms with Crippen LogP contribution in [0.2, 0.25) is 0 Å². The number of rotatable bonds is 6. The molecule has 0 aromatic heterocycles. The summed E-state index contributed by atoms with van der Waals surface area (Å²) in [6.45, 7) is 4.63. The van der Waals surface area contributed by atoms with Crippen molar-refractivity contribution in [2.24, 2.45) is 23.7 Å². The predicted molar refractivity (Wildman–Crippen MR) is 117 cm³/mol. The van der Waals surface area contributed by atoms with Gasteiger partial charge in [-0.05, 0) is 104 Å². The van der Waals surface area contributed by atoms with Gasteiger partial charge in [-0.15, -0.1) is 0 Å². The second-order valence-corrected chi connectivity index (χ2v) is 10.4. The van der Waals surface area contributed by atoms with Crippen molar-refractivity contribution in [3.05, 3.63) is 34.6 Å². The maximum Gasteiger partial charge on any atom is 0.126 e. The monoisotopic (exact) mass is 384 g/mol. The zero-order valence-electron chi connectivity index (χ0n) is 18.3. The average Bonchev–Trinajstić information content (AvgIpc) is 2.73. The first-order valence-corrected chi connectivity index (χ1v) is 12.5. The minimum absolute atomic E-state index is 0.115. The highest BCUT2D eigenvalue weighted by molar-refractivity contribution is 5.37. The topological polar surface area (TPSA) is 0 Å².